The highest BCUT2D eigenvalue weighted by molar-refractivity contribution is 5.90. The first-order chi connectivity index (χ1) is 9.09. The number of benzene rings is 1. The van der Waals surface area contributed by atoms with Crippen molar-refractivity contribution < 1.29 is 9.59 Å². The normalized spacial score (nSPS) is 8.20. The highest BCUT2D eigenvalue weighted by atomic mass is 16.1. The number of carbonyl (C=O) groups is 2. The monoisotopic (exact) mass is 276 g/mol. The Balaban J connectivity index is 0. The Kier molecular flexibility index (Phi) is 10.5. The molecule has 0 saturated carbocycles. The number of primary amides is 2. The number of amides is 2. The van der Waals surface area contributed by atoms with Gasteiger partial charge >= 0.3 is 0 Å². The summed E-state index contributed by atoms with van der Waals surface area (Å²) in [6.45, 7) is 13.9. The summed E-state index contributed by atoms with van der Waals surface area (Å²) in [7, 11) is 0. The van der Waals surface area contributed by atoms with Gasteiger partial charge in [0.1, 0.15) is 0 Å². The fraction of sp³-hybridized carbons (Fsp3) is 0.250. The van der Waals surface area contributed by atoms with Gasteiger partial charge in [0.05, 0.1) is 0 Å². The zero-order valence-corrected chi connectivity index (χ0v) is 12.7. The number of carbonyl (C=O) groups excluding carboxylic acids is 2. The van der Waals surface area contributed by atoms with Crippen molar-refractivity contribution in [1.29, 1.82) is 0 Å². The van der Waals surface area contributed by atoms with Crippen LogP contribution >= 0.6 is 0 Å². The van der Waals surface area contributed by atoms with E-state index >= 15 is 0 Å². The lowest BCUT2D eigenvalue weighted by Crippen LogP contribution is -2.10. The molecule has 1 aromatic rings. The van der Waals surface area contributed by atoms with E-state index < -0.39 is 11.8 Å². The summed E-state index contributed by atoms with van der Waals surface area (Å²) in [6, 6.07) is 8.36. The highest BCUT2D eigenvalue weighted by Crippen LogP contribution is 2.02. The zero-order valence-electron chi connectivity index (χ0n) is 12.7. The number of nitrogens with two attached hydrogens (primary N) is 2. The molecule has 0 fully saturated rings. The lowest BCUT2D eigenvalue weighted by molar-refractivity contribution is -0.115. The molecular formula is C16H24N2O2. The first-order valence-electron chi connectivity index (χ1n) is 6.02. The Morgan fingerprint density at radius 2 is 1.05 bits per heavy atom. The Hall–Kier alpha value is -2.36. The Morgan fingerprint density at radius 1 is 0.850 bits per heavy atom. The van der Waals surface area contributed by atoms with Gasteiger partial charge in [-0.05, 0) is 38.8 Å². The molecule has 20 heavy (non-hydrogen) atoms. The molecule has 4 nitrogen and oxygen atoms in total. The number of hydrogen-bond acceptors (Lipinski definition) is 2. The van der Waals surface area contributed by atoms with Gasteiger partial charge in [0.2, 0.25) is 11.8 Å². The first-order valence-corrected chi connectivity index (χ1v) is 6.02. The largest absolute Gasteiger partial charge is 0.366 e. The summed E-state index contributed by atoms with van der Waals surface area (Å²) >= 11 is 0. The molecule has 0 radical (unpaired) electrons. The van der Waals surface area contributed by atoms with Crippen LogP contribution < -0.4 is 11.5 Å². The fourth-order valence-electron chi connectivity index (χ4n) is 0.663. The van der Waals surface area contributed by atoms with E-state index in [0.29, 0.717) is 11.1 Å². The smallest absolute Gasteiger partial charge is 0.243 e. The molecule has 1 rings (SSSR count). The summed E-state index contributed by atoms with van der Waals surface area (Å²) in [5.74, 6) is -0.870. The van der Waals surface area contributed by atoms with Crippen LogP contribution in [0.2, 0.25) is 0 Å². The van der Waals surface area contributed by atoms with Crippen LogP contribution in [0.1, 0.15) is 25.0 Å². The van der Waals surface area contributed by atoms with Crippen LogP contribution in [-0.2, 0) is 9.59 Å². The predicted octanol–water partition coefficient (Wildman–Crippen LogP) is 2.40. The summed E-state index contributed by atoms with van der Waals surface area (Å²) in [4.78, 5) is 19.6. The maximum absolute atomic E-state index is 9.82. The lowest BCUT2D eigenvalue weighted by atomic mass is 10.1. The zero-order chi connectivity index (χ0) is 16.3. The van der Waals surface area contributed by atoms with E-state index in [-0.39, 0.29) is 0 Å². The second-order valence-corrected chi connectivity index (χ2v) is 4.37. The lowest BCUT2D eigenvalue weighted by Gasteiger charge is -1.93. The van der Waals surface area contributed by atoms with E-state index in [9.17, 15) is 9.59 Å². The molecule has 0 saturated heterocycles. The van der Waals surface area contributed by atoms with E-state index in [1.165, 1.54) is 11.1 Å². The van der Waals surface area contributed by atoms with E-state index in [2.05, 4.69) is 51.3 Å². The molecule has 110 valence electrons. The molecule has 0 aliphatic rings. The van der Waals surface area contributed by atoms with Gasteiger partial charge < -0.3 is 11.5 Å². The van der Waals surface area contributed by atoms with Crippen LogP contribution in [0.15, 0.2) is 48.6 Å². The molecule has 0 spiro atoms. The summed E-state index contributed by atoms with van der Waals surface area (Å²) in [5.41, 5.74) is 12.9. The van der Waals surface area contributed by atoms with Gasteiger partial charge in [0.15, 0.2) is 0 Å². The summed E-state index contributed by atoms with van der Waals surface area (Å²) < 4.78 is 0. The Labute approximate surface area is 121 Å². The van der Waals surface area contributed by atoms with Gasteiger partial charge in [-0.2, -0.15) is 0 Å². The van der Waals surface area contributed by atoms with Gasteiger partial charge in [0, 0.05) is 11.1 Å². The second kappa shape index (κ2) is 10.6. The molecule has 4 heteroatoms. The summed E-state index contributed by atoms with van der Waals surface area (Å²) in [5, 5.41) is 0. The Morgan fingerprint density at radius 3 is 1.15 bits per heavy atom. The third-order valence-electron chi connectivity index (χ3n) is 2.27. The molecule has 0 aliphatic heterocycles. The molecule has 0 aliphatic carbocycles. The number of hydrogen-bond donors (Lipinski definition) is 2. The second-order valence-electron chi connectivity index (χ2n) is 4.37. The van der Waals surface area contributed by atoms with Crippen molar-refractivity contribution in [3.63, 3.8) is 0 Å². The minimum absolute atomic E-state index is 0.398. The van der Waals surface area contributed by atoms with Crippen molar-refractivity contribution in [3.05, 3.63) is 59.7 Å². The van der Waals surface area contributed by atoms with E-state index in [4.69, 9.17) is 11.5 Å². The van der Waals surface area contributed by atoms with Crippen molar-refractivity contribution >= 4 is 11.8 Å². The molecule has 0 heterocycles. The van der Waals surface area contributed by atoms with Crippen LogP contribution in [0.25, 0.3) is 0 Å². The van der Waals surface area contributed by atoms with Crippen molar-refractivity contribution in [3.8, 4) is 0 Å². The molecular weight excluding hydrogens is 252 g/mol. The van der Waals surface area contributed by atoms with Crippen LogP contribution in [0.3, 0.4) is 0 Å². The molecule has 0 aromatic heterocycles. The molecule has 0 unspecified atom stereocenters. The summed E-state index contributed by atoms with van der Waals surface area (Å²) in [6.07, 6.45) is 0. The topological polar surface area (TPSA) is 86.2 Å². The standard InChI is InChI=1S/C8H10.2C4H7NO/c1-7-5-3-4-6-8(7)2;2*1-3(2)4(5)6/h3-6H,1-2H3;2*1H2,2H3,(H2,5,6). The van der Waals surface area contributed by atoms with E-state index in [1.54, 1.807) is 13.8 Å². The minimum atomic E-state index is -0.435. The average Bonchev–Trinajstić information content (AvgIpc) is 2.34. The SMILES string of the molecule is C=C(C)C(N)=O.C=C(C)C(N)=O.Cc1ccccc1C. The third-order valence-corrected chi connectivity index (χ3v) is 2.27. The predicted molar refractivity (Wildman–Crippen MR) is 83.9 cm³/mol. The van der Waals surface area contributed by atoms with Crippen molar-refractivity contribution in [1.82, 2.24) is 0 Å². The molecule has 4 N–H and O–H groups in total. The molecule has 0 bridgehead atoms. The van der Waals surface area contributed by atoms with Crippen LogP contribution in [0.5, 0.6) is 0 Å². The van der Waals surface area contributed by atoms with Gasteiger partial charge in [-0.25, -0.2) is 0 Å². The van der Waals surface area contributed by atoms with Crippen molar-refractivity contribution in [2.24, 2.45) is 11.5 Å². The number of aryl methyl sites for hydroxylation is 2. The van der Waals surface area contributed by atoms with Crippen LogP contribution in [-0.4, -0.2) is 11.8 Å². The first kappa shape index (κ1) is 20.0. The Bertz CT molecular complexity index is 422. The average molecular weight is 276 g/mol. The van der Waals surface area contributed by atoms with Gasteiger partial charge in [0.25, 0.3) is 0 Å². The van der Waals surface area contributed by atoms with Crippen LogP contribution in [0.4, 0.5) is 0 Å². The molecule has 2 amide bonds. The van der Waals surface area contributed by atoms with E-state index in [0.717, 1.165) is 0 Å². The third kappa shape index (κ3) is 12.1. The number of rotatable bonds is 2. The van der Waals surface area contributed by atoms with Gasteiger partial charge in [-0.3, -0.25) is 9.59 Å². The fourth-order valence-corrected chi connectivity index (χ4v) is 0.663. The van der Waals surface area contributed by atoms with Gasteiger partial charge in [-0.15, -0.1) is 0 Å². The minimum Gasteiger partial charge on any atom is -0.366 e. The highest BCUT2D eigenvalue weighted by Gasteiger charge is 1.87. The van der Waals surface area contributed by atoms with Gasteiger partial charge in [-0.1, -0.05) is 37.4 Å². The van der Waals surface area contributed by atoms with E-state index in [1.807, 2.05) is 0 Å². The maximum atomic E-state index is 9.82. The molecule has 1 aromatic carbocycles. The quantitative estimate of drug-likeness (QED) is 0.813. The van der Waals surface area contributed by atoms with Crippen molar-refractivity contribution in [2.45, 2.75) is 27.7 Å². The van der Waals surface area contributed by atoms with Crippen LogP contribution in [0, 0.1) is 13.8 Å². The van der Waals surface area contributed by atoms with Crippen molar-refractivity contribution in [2.75, 3.05) is 0 Å². The maximum Gasteiger partial charge on any atom is 0.243 e. The molecule has 0 atom stereocenters.